The van der Waals surface area contributed by atoms with Gasteiger partial charge >= 0.3 is 0 Å². The summed E-state index contributed by atoms with van der Waals surface area (Å²) in [7, 11) is 0. The van der Waals surface area contributed by atoms with Gasteiger partial charge in [-0.3, -0.25) is 9.78 Å². The topological polar surface area (TPSA) is 33.2 Å². The predicted molar refractivity (Wildman–Crippen MR) is 143 cm³/mol. The molecule has 1 aliphatic heterocycles. The lowest BCUT2D eigenvalue weighted by atomic mass is 9.82. The quantitative estimate of drug-likeness (QED) is 0.386. The number of halogens is 1. The van der Waals surface area contributed by atoms with E-state index in [1.165, 1.54) is 0 Å². The molecule has 1 atom stereocenters. The van der Waals surface area contributed by atoms with Crippen LogP contribution in [-0.4, -0.2) is 23.9 Å². The molecule has 4 heteroatoms. The van der Waals surface area contributed by atoms with Gasteiger partial charge in [-0.05, 0) is 91.8 Å². The van der Waals surface area contributed by atoms with Crippen LogP contribution in [0.5, 0.6) is 0 Å². The number of pyridine rings is 1. The van der Waals surface area contributed by atoms with Gasteiger partial charge in [0.2, 0.25) is 0 Å². The zero-order valence-electron chi connectivity index (χ0n) is 21.7. The summed E-state index contributed by atoms with van der Waals surface area (Å²) in [5.41, 5.74) is 6.03. The molecule has 0 spiro atoms. The zero-order chi connectivity index (χ0) is 25.0. The first-order valence-electron chi connectivity index (χ1n) is 13.1. The normalized spacial score (nSPS) is 22.8. The molecule has 3 nitrogen and oxygen atoms in total. The number of hydrogen-bond acceptors (Lipinski definition) is 3. The first-order chi connectivity index (χ1) is 16.7. The minimum Gasteiger partial charge on any atom is -0.369 e. The van der Waals surface area contributed by atoms with E-state index in [9.17, 15) is 9.18 Å². The number of hydrogen-bond donors (Lipinski definition) is 0. The molecule has 1 fully saturated rings. The number of ketones is 1. The van der Waals surface area contributed by atoms with E-state index < -0.39 is 0 Å². The van der Waals surface area contributed by atoms with Crippen LogP contribution in [0, 0.1) is 11.2 Å². The van der Waals surface area contributed by atoms with Gasteiger partial charge in [0.25, 0.3) is 0 Å². The summed E-state index contributed by atoms with van der Waals surface area (Å²) in [4.78, 5) is 19.8. The lowest BCUT2D eigenvalue weighted by Gasteiger charge is -2.38. The third-order valence-corrected chi connectivity index (χ3v) is 7.73. The summed E-state index contributed by atoms with van der Waals surface area (Å²) in [6, 6.07) is 9.66. The second-order valence-electron chi connectivity index (χ2n) is 11.1. The number of unbranched alkanes of at least 4 members (excludes halogenated alkanes) is 1. The Labute approximate surface area is 210 Å². The SMILES string of the molecule is CC1=C\CC(C)c2ncccc2/C=C\1C(=O)CCCCc1ccc(N2CCC(C)(C)CC2)c(F)c1. The van der Waals surface area contributed by atoms with Gasteiger partial charge in [-0.15, -0.1) is 0 Å². The lowest BCUT2D eigenvalue weighted by molar-refractivity contribution is -0.115. The summed E-state index contributed by atoms with van der Waals surface area (Å²) in [6.07, 6.45) is 12.0. The minimum atomic E-state index is -0.125. The number of carbonyl (C=O) groups is 1. The van der Waals surface area contributed by atoms with Crippen LogP contribution in [0.4, 0.5) is 10.1 Å². The molecule has 2 aromatic rings. The summed E-state index contributed by atoms with van der Waals surface area (Å²) in [6.45, 7) is 10.6. The minimum absolute atomic E-state index is 0.125. The number of piperidine rings is 1. The molecule has 1 aromatic carbocycles. The average Bonchev–Trinajstić information content (AvgIpc) is 2.83. The van der Waals surface area contributed by atoms with Crippen LogP contribution < -0.4 is 4.90 Å². The number of benzene rings is 1. The molecule has 0 radical (unpaired) electrons. The smallest absolute Gasteiger partial charge is 0.163 e. The fourth-order valence-corrected chi connectivity index (χ4v) is 5.17. The Morgan fingerprint density at radius 3 is 2.69 bits per heavy atom. The van der Waals surface area contributed by atoms with E-state index in [4.69, 9.17) is 0 Å². The Bertz CT molecular complexity index is 1120. The molecule has 2 heterocycles. The lowest BCUT2D eigenvalue weighted by Crippen LogP contribution is -2.37. The standard InChI is InChI=1S/C31H39FN2O/c1-22-11-12-23(2)30-25(9-7-17-33-30)21-26(22)29(35)10-6-5-8-24-13-14-28(27(32)20-24)34-18-15-31(3,4)16-19-34/h7,9,11,13-14,17,20-21,23H,5-6,8,10,12,15-16,18-19H2,1-4H3/b22-11+,26-21+. The number of fused-ring (bicyclic) bond motifs is 1. The van der Waals surface area contributed by atoms with E-state index >= 15 is 0 Å². The van der Waals surface area contributed by atoms with E-state index in [2.05, 4.69) is 42.8 Å². The fourth-order valence-electron chi connectivity index (χ4n) is 5.17. The van der Waals surface area contributed by atoms with Crippen molar-refractivity contribution >= 4 is 17.5 Å². The van der Waals surface area contributed by atoms with Gasteiger partial charge in [0.15, 0.2) is 5.78 Å². The maximum atomic E-state index is 14.9. The van der Waals surface area contributed by atoms with Crippen LogP contribution in [-0.2, 0) is 11.2 Å². The summed E-state index contributed by atoms with van der Waals surface area (Å²) >= 11 is 0. The molecule has 2 aliphatic rings. The highest BCUT2D eigenvalue weighted by molar-refractivity contribution is 6.03. The van der Waals surface area contributed by atoms with Crippen molar-refractivity contribution in [1.29, 1.82) is 0 Å². The molecule has 1 unspecified atom stereocenters. The number of aryl methyl sites for hydroxylation is 1. The van der Waals surface area contributed by atoms with E-state index in [1.54, 1.807) is 6.07 Å². The summed E-state index contributed by atoms with van der Waals surface area (Å²) in [5, 5.41) is 0. The Morgan fingerprint density at radius 2 is 1.94 bits per heavy atom. The Kier molecular flexibility index (Phi) is 7.88. The van der Waals surface area contributed by atoms with Gasteiger partial charge in [0, 0.05) is 37.2 Å². The average molecular weight is 475 g/mol. The van der Waals surface area contributed by atoms with Gasteiger partial charge in [0.05, 0.1) is 11.4 Å². The monoisotopic (exact) mass is 474 g/mol. The van der Waals surface area contributed by atoms with Crippen molar-refractivity contribution < 1.29 is 9.18 Å². The first kappa shape index (κ1) is 25.3. The molecular formula is C31H39FN2O. The van der Waals surface area contributed by atoms with Crippen molar-refractivity contribution in [3.63, 3.8) is 0 Å². The van der Waals surface area contributed by atoms with Crippen LogP contribution >= 0.6 is 0 Å². The van der Waals surface area contributed by atoms with Gasteiger partial charge < -0.3 is 4.90 Å². The van der Waals surface area contributed by atoms with Crippen molar-refractivity contribution in [3.8, 4) is 0 Å². The molecule has 4 rings (SSSR count). The van der Waals surface area contributed by atoms with Crippen LogP contribution in [0.25, 0.3) is 6.08 Å². The number of anilines is 1. The van der Waals surface area contributed by atoms with Crippen molar-refractivity contribution in [1.82, 2.24) is 4.98 Å². The van der Waals surface area contributed by atoms with Gasteiger partial charge in [0.1, 0.15) is 5.82 Å². The van der Waals surface area contributed by atoms with Crippen LogP contribution in [0.1, 0.15) is 89.0 Å². The third kappa shape index (κ3) is 6.28. The van der Waals surface area contributed by atoms with Crippen LogP contribution in [0.3, 0.4) is 0 Å². The van der Waals surface area contributed by atoms with Crippen LogP contribution in [0.15, 0.2) is 53.8 Å². The molecule has 1 saturated heterocycles. The highest BCUT2D eigenvalue weighted by Crippen LogP contribution is 2.33. The number of Topliss-reactive ketones (excluding diaryl/α,β-unsaturated/α-hetero) is 1. The number of allylic oxidation sites excluding steroid dienone is 3. The molecule has 0 saturated carbocycles. The molecule has 0 N–H and O–H groups in total. The number of carbonyl (C=O) groups excluding carboxylic acids is 1. The Hall–Kier alpha value is -2.75. The van der Waals surface area contributed by atoms with E-state index in [0.717, 1.165) is 85.3 Å². The maximum absolute atomic E-state index is 14.9. The van der Waals surface area contributed by atoms with E-state index in [0.29, 0.717) is 17.8 Å². The van der Waals surface area contributed by atoms with Gasteiger partial charge in [-0.2, -0.15) is 0 Å². The molecule has 1 aromatic heterocycles. The number of rotatable bonds is 7. The Balaban J connectivity index is 1.33. The number of nitrogens with zero attached hydrogens (tertiary/aromatic N) is 2. The summed E-state index contributed by atoms with van der Waals surface area (Å²) < 4.78 is 14.9. The van der Waals surface area contributed by atoms with Crippen LogP contribution in [0.2, 0.25) is 0 Å². The van der Waals surface area contributed by atoms with Crippen molar-refractivity contribution in [3.05, 3.63) is 76.4 Å². The molecule has 186 valence electrons. The second-order valence-corrected chi connectivity index (χ2v) is 11.1. The van der Waals surface area contributed by atoms with Gasteiger partial charge in [-0.1, -0.05) is 39.0 Å². The third-order valence-electron chi connectivity index (χ3n) is 7.73. The summed E-state index contributed by atoms with van der Waals surface area (Å²) in [5.74, 6) is 0.389. The molecule has 1 aliphatic carbocycles. The van der Waals surface area contributed by atoms with E-state index in [1.807, 2.05) is 37.4 Å². The van der Waals surface area contributed by atoms with Crippen molar-refractivity contribution in [2.45, 2.75) is 78.6 Å². The van der Waals surface area contributed by atoms with E-state index in [-0.39, 0.29) is 11.6 Å². The highest BCUT2D eigenvalue weighted by atomic mass is 19.1. The molecule has 0 amide bonds. The highest BCUT2D eigenvalue weighted by Gasteiger charge is 2.26. The maximum Gasteiger partial charge on any atom is 0.163 e. The van der Waals surface area contributed by atoms with Crippen molar-refractivity contribution in [2.24, 2.45) is 5.41 Å². The largest absolute Gasteiger partial charge is 0.369 e. The molecule has 0 bridgehead atoms. The number of aromatic nitrogens is 1. The van der Waals surface area contributed by atoms with Crippen molar-refractivity contribution in [2.75, 3.05) is 18.0 Å². The molecule has 35 heavy (non-hydrogen) atoms. The first-order valence-corrected chi connectivity index (χ1v) is 13.1. The predicted octanol–water partition coefficient (Wildman–Crippen LogP) is 7.67. The Morgan fingerprint density at radius 1 is 1.17 bits per heavy atom. The van der Waals surface area contributed by atoms with Gasteiger partial charge in [-0.25, -0.2) is 4.39 Å². The fraction of sp³-hybridized carbons (Fsp3) is 0.484. The zero-order valence-corrected chi connectivity index (χ0v) is 21.7. The molecular weight excluding hydrogens is 435 g/mol. The second kappa shape index (κ2) is 10.9.